The van der Waals surface area contributed by atoms with Crippen LogP contribution < -0.4 is 9.47 Å². The van der Waals surface area contributed by atoms with Crippen molar-refractivity contribution in [1.82, 2.24) is 4.90 Å². The van der Waals surface area contributed by atoms with Crippen molar-refractivity contribution in [2.24, 2.45) is 0 Å². The average Bonchev–Trinajstić information content (AvgIpc) is 3.15. The first-order chi connectivity index (χ1) is 17.9. The summed E-state index contributed by atoms with van der Waals surface area (Å²) in [6.45, 7) is 0.353. The Hall–Kier alpha value is -3.33. The zero-order valence-electron chi connectivity index (χ0n) is 19.8. The summed E-state index contributed by atoms with van der Waals surface area (Å²) in [4.78, 5) is 25.3. The molecular weight excluding hydrogens is 530 g/mol. The highest BCUT2D eigenvalue weighted by Gasteiger charge is 2.33. The van der Waals surface area contributed by atoms with Gasteiger partial charge in [0.05, 0.1) is 11.5 Å². The van der Waals surface area contributed by atoms with E-state index in [-0.39, 0.29) is 10.9 Å². The lowest BCUT2D eigenvalue weighted by Crippen LogP contribution is -2.33. The molecule has 0 spiro atoms. The standard InChI is InChI=1S/C28H24ClNO5S2/c29-22-11-8-20(9-12-22)18-35-24-16-23(34-14-4-7-19-5-2-1-3-6-19)13-10-21(24)15-25-27(33)30(17-26(31)32)28(36)37-25/h1-3,5-6,8-13,15-16H,4,7,14,17-18H2,(H,31,32)/b25-15-. The van der Waals surface area contributed by atoms with E-state index in [1.807, 2.05) is 42.5 Å². The van der Waals surface area contributed by atoms with Crippen molar-refractivity contribution < 1.29 is 24.2 Å². The third-order valence-electron chi connectivity index (χ3n) is 5.47. The topological polar surface area (TPSA) is 76.1 Å². The van der Waals surface area contributed by atoms with Crippen molar-refractivity contribution in [3.05, 3.63) is 99.4 Å². The lowest BCUT2D eigenvalue weighted by molar-refractivity contribution is -0.140. The molecule has 0 saturated carbocycles. The molecule has 0 radical (unpaired) electrons. The Morgan fingerprint density at radius 3 is 2.51 bits per heavy atom. The van der Waals surface area contributed by atoms with Gasteiger partial charge in [-0.2, -0.15) is 0 Å². The van der Waals surface area contributed by atoms with E-state index in [1.54, 1.807) is 24.3 Å². The van der Waals surface area contributed by atoms with Gasteiger partial charge >= 0.3 is 5.97 Å². The van der Waals surface area contributed by atoms with Crippen LogP contribution in [0.1, 0.15) is 23.1 Å². The van der Waals surface area contributed by atoms with Crippen molar-refractivity contribution in [2.75, 3.05) is 13.2 Å². The van der Waals surface area contributed by atoms with Crippen LogP contribution in [0, 0.1) is 0 Å². The van der Waals surface area contributed by atoms with Crippen LogP contribution >= 0.6 is 35.6 Å². The summed E-state index contributed by atoms with van der Waals surface area (Å²) in [5.74, 6) is -0.394. The molecule has 1 heterocycles. The molecule has 0 aliphatic carbocycles. The maximum absolute atomic E-state index is 12.7. The summed E-state index contributed by atoms with van der Waals surface area (Å²) in [5.41, 5.74) is 2.84. The number of hydrogen-bond donors (Lipinski definition) is 1. The quantitative estimate of drug-likeness (QED) is 0.172. The van der Waals surface area contributed by atoms with Crippen LogP contribution in [0.4, 0.5) is 0 Å². The van der Waals surface area contributed by atoms with Crippen LogP contribution in [0.2, 0.25) is 5.02 Å². The van der Waals surface area contributed by atoms with Gasteiger partial charge in [-0.3, -0.25) is 14.5 Å². The number of carbonyl (C=O) groups excluding carboxylic acids is 1. The number of amides is 1. The summed E-state index contributed by atoms with van der Waals surface area (Å²) in [5, 5.41) is 9.72. The molecule has 3 aromatic carbocycles. The Kier molecular flexibility index (Phi) is 9.22. The molecule has 37 heavy (non-hydrogen) atoms. The number of thiocarbonyl (C=S) groups is 1. The summed E-state index contributed by atoms with van der Waals surface area (Å²) in [7, 11) is 0. The van der Waals surface area contributed by atoms with Gasteiger partial charge in [0.25, 0.3) is 5.91 Å². The summed E-state index contributed by atoms with van der Waals surface area (Å²) in [6.07, 6.45) is 3.44. The van der Waals surface area contributed by atoms with Gasteiger partial charge in [0.1, 0.15) is 29.0 Å². The Labute approximate surface area is 229 Å². The fourth-order valence-corrected chi connectivity index (χ4v) is 4.99. The van der Waals surface area contributed by atoms with E-state index in [2.05, 4.69) is 12.1 Å². The first-order valence-electron chi connectivity index (χ1n) is 11.5. The van der Waals surface area contributed by atoms with Gasteiger partial charge in [-0.25, -0.2) is 0 Å². The third-order valence-corrected chi connectivity index (χ3v) is 7.10. The molecule has 1 amide bonds. The number of benzene rings is 3. The van der Waals surface area contributed by atoms with E-state index in [0.29, 0.717) is 33.6 Å². The van der Waals surface area contributed by atoms with Gasteiger partial charge in [-0.1, -0.05) is 78.0 Å². The number of ether oxygens (including phenoxy) is 2. The molecule has 0 bridgehead atoms. The molecule has 1 N–H and O–H groups in total. The molecule has 1 aliphatic rings. The lowest BCUT2D eigenvalue weighted by atomic mass is 10.1. The Bertz CT molecular complexity index is 1310. The van der Waals surface area contributed by atoms with Crippen molar-refractivity contribution in [2.45, 2.75) is 19.4 Å². The number of carboxylic acids is 1. The number of halogens is 1. The van der Waals surface area contributed by atoms with Gasteiger partial charge in [-0.15, -0.1) is 0 Å². The minimum absolute atomic E-state index is 0.209. The molecule has 9 heteroatoms. The summed E-state index contributed by atoms with van der Waals surface area (Å²) >= 11 is 12.3. The van der Waals surface area contributed by atoms with E-state index < -0.39 is 18.4 Å². The molecule has 3 aromatic rings. The molecule has 190 valence electrons. The first kappa shape index (κ1) is 26.7. The van der Waals surface area contributed by atoms with Gasteiger partial charge < -0.3 is 14.6 Å². The zero-order chi connectivity index (χ0) is 26.2. The minimum Gasteiger partial charge on any atom is -0.493 e. The van der Waals surface area contributed by atoms with Crippen molar-refractivity contribution in [1.29, 1.82) is 0 Å². The smallest absolute Gasteiger partial charge is 0.323 e. The second-order valence-corrected chi connectivity index (χ2v) is 10.3. The van der Waals surface area contributed by atoms with E-state index in [0.717, 1.165) is 35.1 Å². The van der Waals surface area contributed by atoms with Gasteiger partial charge in [0, 0.05) is 16.7 Å². The highest BCUT2D eigenvalue weighted by atomic mass is 35.5. The largest absolute Gasteiger partial charge is 0.493 e. The predicted octanol–water partition coefficient (Wildman–Crippen LogP) is 6.22. The number of carboxylic acid groups (broad SMARTS) is 1. The first-order valence-corrected chi connectivity index (χ1v) is 13.1. The van der Waals surface area contributed by atoms with Crippen LogP contribution in [0.15, 0.2) is 77.7 Å². The van der Waals surface area contributed by atoms with Crippen LogP contribution in [0.3, 0.4) is 0 Å². The number of carbonyl (C=O) groups is 2. The molecule has 1 fully saturated rings. The second kappa shape index (κ2) is 12.8. The molecule has 1 aliphatic heterocycles. The Balaban J connectivity index is 1.50. The van der Waals surface area contributed by atoms with E-state index in [4.69, 9.17) is 38.4 Å². The molecule has 0 aromatic heterocycles. The fourth-order valence-electron chi connectivity index (χ4n) is 3.61. The Morgan fingerprint density at radius 2 is 1.78 bits per heavy atom. The number of aliphatic carboxylic acids is 1. The Morgan fingerprint density at radius 1 is 1.03 bits per heavy atom. The zero-order valence-corrected chi connectivity index (χ0v) is 22.2. The second-order valence-electron chi connectivity index (χ2n) is 8.21. The van der Waals surface area contributed by atoms with Crippen LogP contribution in [0.5, 0.6) is 11.5 Å². The SMILES string of the molecule is O=C(O)CN1C(=O)/C(=C/c2ccc(OCCCc3ccccc3)cc2OCc2ccc(Cl)cc2)SC1=S. The van der Waals surface area contributed by atoms with Crippen molar-refractivity contribution in [3.63, 3.8) is 0 Å². The normalized spacial score (nSPS) is 14.3. The monoisotopic (exact) mass is 553 g/mol. The number of thioether (sulfide) groups is 1. The highest BCUT2D eigenvalue weighted by molar-refractivity contribution is 8.26. The van der Waals surface area contributed by atoms with Crippen molar-refractivity contribution in [3.8, 4) is 11.5 Å². The molecular formula is C28H24ClNO5S2. The fraction of sp³-hybridized carbons (Fsp3) is 0.179. The lowest BCUT2D eigenvalue weighted by Gasteiger charge is -2.13. The van der Waals surface area contributed by atoms with E-state index in [1.165, 1.54) is 5.56 Å². The van der Waals surface area contributed by atoms with Gasteiger partial charge in [0.15, 0.2) is 0 Å². The predicted molar refractivity (Wildman–Crippen MR) is 150 cm³/mol. The number of aryl methyl sites for hydroxylation is 1. The van der Waals surface area contributed by atoms with Crippen LogP contribution in [-0.2, 0) is 22.6 Å². The molecule has 6 nitrogen and oxygen atoms in total. The molecule has 0 unspecified atom stereocenters. The summed E-state index contributed by atoms with van der Waals surface area (Å²) in [6, 6.07) is 23.0. The molecule has 4 rings (SSSR count). The van der Waals surface area contributed by atoms with Crippen LogP contribution in [-0.4, -0.2) is 39.4 Å². The minimum atomic E-state index is -1.13. The van der Waals surface area contributed by atoms with E-state index >= 15 is 0 Å². The van der Waals surface area contributed by atoms with Gasteiger partial charge in [0.2, 0.25) is 0 Å². The molecule has 0 atom stereocenters. The van der Waals surface area contributed by atoms with Crippen LogP contribution in [0.25, 0.3) is 6.08 Å². The van der Waals surface area contributed by atoms with Gasteiger partial charge in [-0.05, 0) is 54.3 Å². The summed E-state index contributed by atoms with van der Waals surface area (Å²) < 4.78 is 12.3. The van der Waals surface area contributed by atoms with Crippen molar-refractivity contribution >= 4 is 57.9 Å². The molecule has 1 saturated heterocycles. The van der Waals surface area contributed by atoms with E-state index in [9.17, 15) is 9.59 Å². The number of hydrogen-bond acceptors (Lipinski definition) is 6. The number of rotatable bonds is 11. The number of nitrogens with zero attached hydrogens (tertiary/aromatic N) is 1. The third kappa shape index (κ3) is 7.58. The maximum Gasteiger partial charge on any atom is 0.323 e. The average molecular weight is 554 g/mol. The highest BCUT2D eigenvalue weighted by Crippen LogP contribution is 2.35. The maximum atomic E-state index is 12.7.